The van der Waals surface area contributed by atoms with Crippen LogP contribution < -0.4 is 10.6 Å². The molecule has 3 nitrogen and oxygen atoms in total. The maximum Gasteiger partial charge on any atom is 0.0940 e. The second-order valence-corrected chi connectivity index (χ2v) is 1.96. The average molecular weight is 129 g/mol. The zero-order valence-corrected chi connectivity index (χ0v) is 6.52. The van der Waals surface area contributed by atoms with Crippen LogP contribution in [-0.4, -0.2) is 26.1 Å². The lowest BCUT2D eigenvalue weighted by atomic mass is 10.5. The highest BCUT2D eigenvalue weighted by molar-refractivity contribution is 5.79. The topological polar surface area (TPSA) is 36.4 Å². The van der Waals surface area contributed by atoms with Gasteiger partial charge in [-0.1, -0.05) is 0 Å². The Morgan fingerprint density at radius 3 is 2.44 bits per heavy atom. The Morgan fingerprint density at radius 1 is 1.56 bits per heavy atom. The molecule has 0 aromatic rings. The molecule has 0 saturated heterocycles. The van der Waals surface area contributed by atoms with Gasteiger partial charge in [0.25, 0.3) is 0 Å². The van der Waals surface area contributed by atoms with E-state index < -0.39 is 0 Å². The number of hydrogen-bond acceptors (Lipinski definition) is 2. The molecule has 54 valence electrons. The molecule has 0 saturated carbocycles. The Bertz CT molecular complexity index is 98.5. The third-order valence-electron chi connectivity index (χ3n) is 1.19. The fraction of sp³-hybridized carbons (Fsp3) is 0.833. The average Bonchev–Trinajstić information content (AvgIpc) is 1.87. The molecule has 0 radical (unpaired) electrons. The van der Waals surface area contributed by atoms with Crippen molar-refractivity contribution in [2.75, 3.05) is 14.1 Å². The lowest BCUT2D eigenvalue weighted by molar-refractivity contribution is 0.576. The second-order valence-electron chi connectivity index (χ2n) is 1.96. The Labute approximate surface area is 56.6 Å². The zero-order valence-electron chi connectivity index (χ0n) is 6.52. The summed E-state index contributed by atoms with van der Waals surface area (Å²) < 4.78 is 0. The van der Waals surface area contributed by atoms with Gasteiger partial charge in [0, 0.05) is 7.05 Å². The maximum absolute atomic E-state index is 3.94. The van der Waals surface area contributed by atoms with E-state index in [2.05, 4.69) is 15.6 Å². The van der Waals surface area contributed by atoms with E-state index in [4.69, 9.17) is 0 Å². The van der Waals surface area contributed by atoms with Crippen LogP contribution in [-0.2, 0) is 0 Å². The summed E-state index contributed by atoms with van der Waals surface area (Å²) in [5.74, 6) is 0.955. The van der Waals surface area contributed by atoms with Crippen molar-refractivity contribution in [3.63, 3.8) is 0 Å². The molecule has 0 amide bonds. The van der Waals surface area contributed by atoms with Crippen molar-refractivity contribution in [1.82, 2.24) is 10.6 Å². The minimum absolute atomic E-state index is 0.300. The van der Waals surface area contributed by atoms with Gasteiger partial charge in [0.15, 0.2) is 0 Å². The molecular formula is C6H15N3. The van der Waals surface area contributed by atoms with E-state index in [1.807, 2.05) is 20.9 Å². The van der Waals surface area contributed by atoms with Crippen LogP contribution in [0.4, 0.5) is 0 Å². The van der Waals surface area contributed by atoms with E-state index in [0.717, 1.165) is 5.84 Å². The second kappa shape index (κ2) is 4.32. The van der Waals surface area contributed by atoms with Crippen molar-refractivity contribution in [2.45, 2.75) is 20.0 Å². The van der Waals surface area contributed by atoms with Gasteiger partial charge in [-0.15, -0.1) is 0 Å². The Balaban J connectivity index is 3.47. The fourth-order valence-electron chi connectivity index (χ4n) is 0.450. The zero-order chi connectivity index (χ0) is 7.28. The normalized spacial score (nSPS) is 15.3. The predicted molar refractivity (Wildman–Crippen MR) is 40.7 cm³/mol. The van der Waals surface area contributed by atoms with E-state index in [-0.39, 0.29) is 0 Å². The lowest BCUT2D eigenvalue weighted by Gasteiger charge is -2.12. The molecular weight excluding hydrogens is 114 g/mol. The van der Waals surface area contributed by atoms with Crippen LogP contribution in [0.25, 0.3) is 0 Å². The number of amidine groups is 1. The fourth-order valence-corrected chi connectivity index (χ4v) is 0.450. The molecule has 0 spiro atoms. The summed E-state index contributed by atoms with van der Waals surface area (Å²) in [6.07, 6.45) is 0.300. The SMILES string of the molecule is CN=C(C)NC(C)NC. The molecule has 3 heteroatoms. The van der Waals surface area contributed by atoms with Crippen molar-refractivity contribution in [3.8, 4) is 0 Å². The van der Waals surface area contributed by atoms with Crippen LogP contribution in [0.15, 0.2) is 4.99 Å². The summed E-state index contributed by atoms with van der Waals surface area (Å²) in [6, 6.07) is 0. The van der Waals surface area contributed by atoms with Crippen molar-refractivity contribution >= 4 is 5.84 Å². The molecule has 0 aliphatic carbocycles. The van der Waals surface area contributed by atoms with Crippen molar-refractivity contribution in [3.05, 3.63) is 0 Å². The predicted octanol–water partition coefficient (Wildman–Crippen LogP) is 0.190. The molecule has 0 rings (SSSR count). The van der Waals surface area contributed by atoms with Gasteiger partial charge in [0.05, 0.1) is 12.0 Å². The van der Waals surface area contributed by atoms with E-state index in [0.29, 0.717) is 6.17 Å². The van der Waals surface area contributed by atoms with Gasteiger partial charge in [-0.2, -0.15) is 0 Å². The molecule has 0 aromatic carbocycles. The first-order valence-corrected chi connectivity index (χ1v) is 3.08. The monoisotopic (exact) mass is 129 g/mol. The van der Waals surface area contributed by atoms with Gasteiger partial charge in [0.1, 0.15) is 0 Å². The van der Waals surface area contributed by atoms with Crippen LogP contribution in [0.3, 0.4) is 0 Å². The summed E-state index contributed by atoms with van der Waals surface area (Å²) in [6.45, 7) is 3.97. The smallest absolute Gasteiger partial charge is 0.0940 e. The van der Waals surface area contributed by atoms with Crippen LogP contribution in [0.2, 0.25) is 0 Å². The Kier molecular flexibility index (Phi) is 4.05. The Hall–Kier alpha value is -0.570. The van der Waals surface area contributed by atoms with Gasteiger partial charge in [-0.25, -0.2) is 0 Å². The highest BCUT2D eigenvalue weighted by Gasteiger charge is 1.93. The largest absolute Gasteiger partial charge is 0.359 e. The van der Waals surface area contributed by atoms with Gasteiger partial charge < -0.3 is 10.6 Å². The van der Waals surface area contributed by atoms with Gasteiger partial charge in [0.2, 0.25) is 0 Å². The van der Waals surface area contributed by atoms with Crippen LogP contribution in [0, 0.1) is 0 Å². The maximum atomic E-state index is 3.94. The minimum atomic E-state index is 0.300. The summed E-state index contributed by atoms with van der Waals surface area (Å²) in [5.41, 5.74) is 0. The Morgan fingerprint density at radius 2 is 2.11 bits per heavy atom. The molecule has 0 fully saturated rings. The molecule has 1 unspecified atom stereocenters. The van der Waals surface area contributed by atoms with E-state index in [9.17, 15) is 0 Å². The highest BCUT2D eigenvalue weighted by atomic mass is 15.1. The van der Waals surface area contributed by atoms with E-state index in [1.165, 1.54) is 0 Å². The number of nitrogens with one attached hydrogen (secondary N) is 2. The van der Waals surface area contributed by atoms with Gasteiger partial charge in [-0.3, -0.25) is 4.99 Å². The molecule has 2 N–H and O–H groups in total. The molecule has 1 atom stereocenters. The molecule has 0 aliphatic rings. The van der Waals surface area contributed by atoms with Crippen LogP contribution in [0.5, 0.6) is 0 Å². The van der Waals surface area contributed by atoms with E-state index >= 15 is 0 Å². The number of hydrogen-bond donors (Lipinski definition) is 2. The lowest BCUT2D eigenvalue weighted by Crippen LogP contribution is -2.40. The number of rotatable bonds is 2. The van der Waals surface area contributed by atoms with Crippen molar-refractivity contribution < 1.29 is 0 Å². The van der Waals surface area contributed by atoms with Crippen molar-refractivity contribution in [2.24, 2.45) is 4.99 Å². The van der Waals surface area contributed by atoms with E-state index in [1.54, 1.807) is 7.05 Å². The summed E-state index contributed by atoms with van der Waals surface area (Å²) in [5, 5.41) is 6.16. The molecule has 0 aliphatic heterocycles. The molecule has 0 aromatic heterocycles. The summed E-state index contributed by atoms with van der Waals surface area (Å²) in [4.78, 5) is 3.94. The first kappa shape index (κ1) is 8.43. The van der Waals surface area contributed by atoms with Gasteiger partial charge in [-0.05, 0) is 20.9 Å². The quantitative estimate of drug-likeness (QED) is 0.317. The van der Waals surface area contributed by atoms with Crippen LogP contribution in [0.1, 0.15) is 13.8 Å². The van der Waals surface area contributed by atoms with Crippen molar-refractivity contribution in [1.29, 1.82) is 0 Å². The number of nitrogens with zero attached hydrogens (tertiary/aromatic N) is 1. The molecule has 0 heterocycles. The summed E-state index contributed by atoms with van der Waals surface area (Å²) in [7, 11) is 3.67. The molecule has 0 bridgehead atoms. The van der Waals surface area contributed by atoms with Gasteiger partial charge >= 0.3 is 0 Å². The number of aliphatic imine (C=N–C) groups is 1. The summed E-state index contributed by atoms with van der Waals surface area (Å²) >= 11 is 0. The third kappa shape index (κ3) is 3.97. The highest BCUT2D eigenvalue weighted by Crippen LogP contribution is 1.73. The van der Waals surface area contributed by atoms with Crippen LogP contribution >= 0.6 is 0 Å². The third-order valence-corrected chi connectivity index (χ3v) is 1.19. The first-order chi connectivity index (χ1) is 4.20. The standard InChI is InChI=1S/C6H15N3/c1-5(7-3)9-6(2)8-4/h5,7H,1-4H3,(H,8,9). The minimum Gasteiger partial charge on any atom is -0.359 e. The molecule has 9 heavy (non-hydrogen) atoms. The first-order valence-electron chi connectivity index (χ1n) is 3.08.